The molecule has 0 radical (unpaired) electrons. The van der Waals surface area contributed by atoms with Crippen LogP contribution in [0.2, 0.25) is 0 Å². The number of carboxylic acids is 1. The third kappa shape index (κ3) is 2.83. The molecular weight excluding hydrogens is 296 g/mol. The Morgan fingerprint density at radius 3 is 2.29 bits per heavy atom. The molecule has 116 valence electrons. The Morgan fingerprint density at radius 2 is 1.81 bits per heavy atom. The maximum absolute atomic E-state index is 12.6. The molecule has 1 aliphatic carbocycles. The number of ether oxygens (including phenoxy) is 2. The van der Waals surface area contributed by atoms with E-state index in [2.05, 4.69) is 0 Å². The summed E-state index contributed by atoms with van der Waals surface area (Å²) in [4.78, 5) is 11.3. The number of carboxylic acid groups (broad SMARTS) is 1. The summed E-state index contributed by atoms with van der Waals surface area (Å²) in [6.45, 7) is 0. The third-order valence-electron chi connectivity index (χ3n) is 3.75. The maximum Gasteiger partial charge on any atom is 0.339 e. The first-order valence-electron chi connectivity index (χ1n) is 6.65. The number of rotatable bonds is 5. The number of aromatic carboxylic acids is 1. The topological polar surface area (TPSA) is 89.9 Å². The van der Waals surface area contributed by atoms with Crippen molar-refractivity contribution in [1.82, 2.24) is 0 Å². The Labute approximate surface area is 123 Å². The molecule has 0 heterocycles. The lowest BCUT2D eigenvalue weighted by Crippen LogP contribution is -2.18. The molecule has 0 amide bonds. The third-order valence-corrected chi connectivity index (χ3v) is 5.99. The van der Waals surface area contributed by atoms with Crippen LogP contribution in [0.3, 0.4) is 0 Å². The molecule has 7 heteroatoms. The first-order chi connectivity index (χ1) is 9.91. The predicted molar refractivity (Wildman–Crippen MR) is 75.9 cm³/mol. The quantitative estimate of drug-likeness (QED) is 0.895. The molecule has 1 saturated carbocycles. The molecule has 0 atom stereocenters. The molecule has 0 unspecified atom stereocenters. The van der Waals surface area contributed by atoms with E-state index in [9.17, 15) is 18.3 Å². The van der Waals surface area contributed by atoms with Crippen LogP contribution < -0.4 is 9.47 Å². The smallest absolute Gasteiger partial charge is 0.339 e. The van der Waals surface area contributed by atoms with Gasteiger partial charge in [-0.1, -0.05) is 12.8 Å². The van der Waals surface area contributed by atoms with Crippen LogP contribution in [0.5, 0.6) is 11.5 Å². The van der Waals surface area contributed by atoms with Crippen LogP contribution in [0.1, 0.15) is 36.0 Å². The van der Waals surface area contributed by atoms with Gasteiger partial charge in [0, 0.05) is 6.07 Å². The standard InChI is InChI=1S/C14H18O6S/c1-19-12-8-10(7-11(14(15)16)13(12)20-2)21(17,18)9-5-3-4-6-9/h7-9H,3-6H2,1-2H3,(H,15,16). The first kappa shape index (κ1) is 15.6. The molecule has 0 bridgehead atoms. The Kier molecular flexibility index (Phi) is 4.41. The van der Waals surface area contributed by atoms with Gasteiger partial charge in [0.15, 0.2) is 21.3 Å². The normalized spacial score (nSPS) is 15.9. The number of hydrogen-bond donors (Lipinski definition) is 1. The highest BCUT2D eigenvalue weighted by Crippen LogP contribution is 2.37. The molecule has 0 aliphatic heterocycles. The Morgan fingerprint density at radius 1 is 1.19 bits per heavy atom. The molecular formula is C14H18O6S. The Balaban J connectivity index is 2.59. The van der Waals surface area contributed by atoms with Crippen molar-refractivity contribution >= 4 is 15.8 Å². The minimum Gasteiger partial charge on any atom is -0.493 e. The lowest BCUT2D eigenvalue weighted by molar-refractivity contribution is 0.0692. The van der Waals surface area contributed by atoms with E-state index in [1.54, 1.807) is 0 Å². The summed E-state index contributed by atoms with van der Waals surface area (Å²) >= 11 is 0. The van der Waals surface area contributed by atoms with Crippen molar-refractivity contribution in [2.24, 2.45) is 0 Å². The van der Waals surface area contributed by atoms with Crippen molar-refractivity contribution in [2.75, 3.05) is 14.2 Å². The molecule has 1 aliphatic rings. The van der Waals surface area contributed by atoms with E-state index in [0.717, 1.165) is 18.9 Å². The molecule has 0 aromatic heterocycles. The van der Waals surface area contributed by atoms with E-state index in [0.29, 0.717) is 12.8 Å². The second kappa shape index (κ2) is 5.93. The van der Waals surface area contributed by atoms with E-state index in [4.69, 9.17) is 9.47 Å². The summed E-state index contributed by atoms with van der Waals surface area (Å²) in [5.41, 5.74) is -0.214. The fourth-order valence-electron chi connectivity index (χ4n) is 2.65. The van der Waals surface area contributed by atoms with Crippen LogP contribution in [0.4, 0.5) is 0 Å². The lowest BCUT2D eigenvalue weighted by atomic mass is 10.2. The largest absolute Gasteiger partial charge is 0.493 e. The highest BCUT2D eigenvalue weighted by Gasteiger charge is 2.32. The average molecular weight is 314 g/mol. The van der Waals surface area contributed by atoms with Gasteiger partial charge < -0.3 is 14.6 Å². The first-order valence-corrected chi connectivity index (χ1v) is 8.19. The predicted octanol–water partition coefficient (Wildman–Crippen LogP) is 2.12. The molecule has 1 N–H and O–H groups in total. The molecule has 1 aromatic rings. The highest BCUT2D eigenvalue weighted by molar-refractivity contribution is 7.92. The van der Waals surface area contributed by atoms with Gasteiger partial charge in [-0.2, -0.15) is 0 Å². The molecule has 21 heavy (non-hydrogen) atoms. The van der Waals surface area contributed by atoms with Gasteiger partial charge in [-0.05, 0) is 18.9 Å². The number of methoxy groups -OCH3 is 2. The summed E-state index contributed by atoms with van der Waals surface area (Å²) in [7, 11) is -0.894. The fraction of sp³-hybridized carbons (Fsp3) is 0.500. The monoisotopic (exact) mass is 314 g/mol. The van der Waals surface area contributed by atoms with Crippen LogP contribution in [0, 0.1) is 0 Å². The number of carbonyl (C=O) groups is 1. The van der Waals surface area contributed by atoms with Crippen molar-refractivity contribution in [2.45, 2.75) is 35.8 Å². The van der Waals surface area contributed by atoms with Gasteiger partial charge >= 0.3 is 5.97 Å². The Hall–Kier alpha value is -1.76. The highest BCUT2D eigenvalue weighted by atomic mass is 32.2. The molecule has 1 fully saturated rings. The van der Waals surface area contributed by atoms with E-state index < -0.39 is 21.1 Å². The fourth-order valence-corrected chi connectivity index (χ4v) is 4.55. The van der Waals surface area contributed by atoms with Crippen LogP contribution in [0.25, 0.3) is 0 Å². The zero-order chi connectivity index (χ0) is 15.6. The minimum absolute atomic E-state index is 0.0235. The van der Waals surface area contributed by atoms with Gasteiger partial charge in [-0.3, -0.25) is 0 Å². The van der Waals surface area contributed by atoms with Gasteiger partial charge in [0.1, 0.15) is 5.56 Å². The van der Waals surface area contributed by atoms with Crippen molar-refractivity contribution < 1.29 is 27.8 Å². The van der Waals surface area contributed by atoms with Crippen LogP contribution in [-0.4, -0.2) is 39.0 Å². The molecule has 0 spiro atoms. The Bertz CT molecular complexity index is 644. The van der Waals surface area contributed by atoms with E-state index in [1.807, 2.05) is 0 Å². The van der Waals surface area contributed by atoms with Crippen LogP contribution in [-0.2, 0) is 9.84 Å². The number of sulfone groups is 1. The van der Waals surface area contributed by atoms with Crippen molar-refractivity contribution in [3.8, 4) is 11.5 Å². The SMILES string of the molecule is COc1cc(S(=O)(=O)C2CCCC2)cc(C(=O)O)c1OC. The van der Waals surface area contributed by atoms with E-state index in [-0.39, 0.29) is 22.0 Å². The maximum atomic E-state index is 12.6. The second-order valence-electron chi connectivity index (χ2n) is 4.96. The summed E-state index contributed by atoms with van der Waals surface area (Å²) in [5.74, 6) is -1.13. The van der Waals surface area contributed by atoms with Gasteiger partial charge in [-0.15, -0.1) is 0 Å². The molecule has 2 rings (SSSR count). The van der Waals surface area contributed by atoms with Gasteiger partial charge in [0.05, 0.1) is 24.4 Å². The molecule has 6 nitrogen and oxygen atoms in total. The average Bonchev–Trinajstić information content (AvgIpc) is 3.00. The van der Waals surface area contributed by atoms with Gasteiger partial charge in [0.25, 0.3) is 0 Å². The van der Waals surface area contributed by atoms with Crippen molar-refractivity contribution in [1.29, 1.82) is 0 Å². The van der Waals surface area contributed by atoms with Gasteiger partial charge in [0.2, 0.25) is 0 Å². The summed E-state index contributed by atoms with van der Waals surface area (Å²) in [5, 5.41) is 8.79. The number of benzene rings is 1. The van der Waals surface area contributed by atoms with E-state index >= 15 is 0 Å². The summed E-state index contributed by atoms with van der Waals surface area (Å²) < 4.78 is 35.3. The summed E-state index contributed by atoms with van der Waals surface area (Å²) in [6.07, 6.45) is 2.98. The second-order valence-corrected chi connectivity index (χ2v) is 7.19. The molecule has 1 aromatic carbocycles. The van der Waals surface area contributed by atoms with Gasteiger partial charge in [-0.25, -0.2) is 13.2 Å². The van der Waals surface area contributed by atoms with E-state index in [1.165, 1.54) is 20.3 Å². The zero-order valence-corrected chi connectivity index (χ0v) is 12.8. The lowest BCUT2D eigenvalue weighted by Gasteiger charge is -2.15. The van der Waals surface area contributed by atoms with Crippen LogP contribution in [0.15, 0.2) is 17.0 Å². The van der Waals surface area contributed by atoms with Crippen LogP contribution >= 0.6 is 0 Å². The molecule has 0 saturated heterocycles. The summed E-state index contributed by atoms with van der Waals surface area (Å²) in [6, 6.07) is 2.48. The van der Waals surface area contributed by atoms with Crippen molar-refractivity contribution in [3.63, 3.8) is 0 Å². The van der Waals surface area contributed by atoms with Crippen molar-refractivity contribution in [3.05, 3.63) is 17.7 Å². The zero-order valence-electron chi connectivity index (χ0n) is 12.0. The minimum atomic E-state index is -3.55. The number of hydrogen-bond acceptors (Lipinski definition) is 5.